The van der Waals surface area contributed by atoms with Gasteiger partial charge in [0.25, 0.3) is 0 Å². The molecule has 0 saturated carbocycles. The summed E-state index contributed by atoms with van der Waals surface area (Å²) in [5.41, 5.74) is 0. The van der Waals surface area contributed by atoms with E-state index in [-0.39, 0.29) is 11.8 Å². The molecular weight excluding hydrogens is 266 g/mol. The smallest absolute Gasteiger partial charge is 0.316 e. The third-order valence-electron chi connectivity index (χ3n) is 3.68. The highest BCUT2D eigenvalue weighted by Gasteiger charge is 2.24. The van der Waals surface area contributed by atoms with Crippen LogP contribution in [0.15, 0.2) is 0 Å². The van der Waals surface area contributed by atoms with Gasteiger partial charge in [-0.1, -0.05) is 26.7 Å². The Balaban J connectivity index is 4.22. The van der Waals surface area contributed by atoms with Gasteiger partial charge in [0.2, 0.25) is 0 Å². The lowest BCUT2D eigenvalue weighted by molar-refractivity contribution is -0.151. The van der Waals surface area contributed by atoms with Crippen molar-refractivity contribution in [1.29, 1.82) is 0 Å². The van der Waals surface area contributed by atoms with Gasteiger partial charge in [0, 0.05) is 0 Å². The Bertz CT molecular complexity index is 284. The Hall–Kier alpha value is -0.900. The number of esters is 1. The van der Waals surface area contributed by atoms with Crippen LogP contribution in [-0.2, 0) is 14.3 Å². The van der Waals surface area contributed by atoms with Crippen molar-refractivity contribution in [3.05, 3.63) is 0 Å². The standard InChI is InChI=1S/C17H33NO3/c1-5-8-12-18(13-9-6-2)14-10-11-16(15(4)19)17(20)21-7-3/h16H,5-14H2,1-4H3/t16-/m1/s1. The van der Waals surface area contributed by atoms with Gasteiger partial charge < -0.3 is 9.64 Å². The minimum absolute atomic E-state index is 0.0814. The van der Waals surface area contributed by atoms with E-state index in [9.17, 15) is 9.59 Å². The summed E-state index contributed by atoms with van der Waals surface area (Å²) in [5, 5.41) is 0. The summed E-state index contributed by atoms with van der Waals surface area (Å²) in [6.45, 7) is 11.2. The van der Waals surface area contributed by atoms with Gasteiger partial charge in [-0.05, 0) is 59.2 Å². The second kappa shape index (κ2) is 12.8. The maximum atomic E-state index is 11.7. The van der Waals surface area contributed by atoms with E-state index in [1.54, 1.807) is 6.92 Å². The fourth-order valence-corrected chi connectivity index (χ4v) is 2.35. The number of Topliss-reactive ketones (excluding diaryl/α,β-unsaturated/α-hetero) is 1. The molecule has 0 aliphatic carbocycles. The van der Waals surface area contributed by atoms with Gasteiger partial charge in [0.15, 0.2) is 0 Å². The first-order valence-electron chi connectivity index (χ1n) is 8.46. The number of ketones is 1. The minimum atomic E-state index is -0.579. The Kier molecular flexibility index (Phi) is 12.3. The molecule has 0 rings (SSSR count). The predicted molar refractivity (Wildman–Crippen MR) is 86.3 cm³/mol. The molecule has 0 aromatic heterocycles. The fourth-order valence-electron chi connectivity index (χ4n) is 2.35. The molecule has 0 N–H and O–H groups in total. The number of ether oxygens (including phenoxy) is 1. The van der Waals surface area contributed by atoms with Crippen molar-refractivity contribution >= 4 is 11.8 Å². The third-order valence-corrected chi connectivity index (χ3v) is 3.68. The summed E-state index contributed by atoms with van der Waals surface area (Å²) < 4.78 is 4.98. The van der Waals surface area contributed by atoms with E-state index in [4.69, 9.17) is 4.74 Å². The van der Waals surface area contributed by atoms with Gasteiger partial charge in [0.05, 0.1) is 6.61 Å². The van der Waals surface area contributed by atoms with Crippen LogP contribution in [-0.4, -0.2) is 42.9 Å². The quantitative estimate of drug-likeness (QED) is 0.386. The zero-order valence-corrected chi connectivity index (χ0v) is 14.3. The lowest BCUT2D eigenvalue weighted by Crippen LogP contribution is -2.29. The third kappa shape index (κ3) is 9.62. The Morgan fingerprint density at radius 2 is 1.48 bits per heavy atom. The molecule has 4 nitrogen and oxygen atoms in total. The summed E-state index contributed by atoms with van der Waals surface area (Å²) in [6, 6.07) is 0. The van der Waals surface area contributed by atoms with E-state index in [0.717, 1.165) is 26.1 Å². The molecule has 0 aromatic carbocycles. The molecule has 0 heterocycles. The molecule has 4 heteroatoms. The summed E-state index contributed by atoms with van der Waals surface area (Å²) in [4.78, 5) is 25.8. The van der Waals surface area contributed by atoms with Crippen LogP contribution in [0, 0.1) is 5.92 Å². The van der Waals surface area contributed by atoms with E-state index in [1.165, 1.54) is 32.6 Å². The van der Waals surface area contributed by atoms with Gasteiger partial charge in [-0.25, -0.2) is 0 Å². The van der Waals surface area contributed by atoms with Crippen LogP contribution in [0.3, 0.4) is 0 Å². The molecule has 0 aliphatic heterocycles. The molecule has 0 fully saturated rings. The Labute approximate surface area is 130 Å². The second-order valence-electron chi connectivity index (χ2n) is 5.61. The van der Waals surface area contributed by atoms with E-state index >= 15 is 0 Å². The highest BCUT2D eigenvalue weighted by Crippen LogP contribution is 2.12. The van der Waals surface area contributed by atoms with Gasteiger partial charge in [-0.2, -0.15) is 0 Å². The highest BCUT2D eigenvalue weighted by molar-refractivity contribution is 5.97. The number of nitrogens with zero attached hydrogens (tertiary/aromatic N) is 1. The van der Waals surface area contributed by atoms with Crippen LogP contribution >= 0.6 is 0 Å². The van der Waals surface area contributed by atoms with Crippen LogP contribution in [0.4, 0.5) is 0 Å². The molecule has 124 valence electrons. The van der Waals surface area contributed by atoms with Crippen molar-refractivity contribution in [3.63, 3.8) is 0 Å². The molecule has 21 heavy (non-hydrogen) atoms. The van der Waals surface area contributed by atoms with Gasteiger partial charge >= 0.3 is 5.97 Å². The number of carbonyl (C=O) groups excluding carboxylic acids is 2. The molecule has 0 spiro atoms. The molecule has 0 bridgehead atoms. The van der Waals surface area contributed by atoms with Crippen molar-refractivity contribution in [2.45, 2.75) is 66.2 Å². The normalized spacial score (nSPS) is 12.4. The predicted octanol–water partition coefficient (Wildman–Crippen LogP) is 3.44. The second-order valence-corrected chi connectivity index (χ2v) is 5.61. The molecule has 0 unspecified atom stereocenters. The van der Waals surface area contributed by atoms with Gasteiger partial charge in [-0.3, -0.25) is 9.59 Å². The molecule has 0 aromatic rings. The Morgan fingerprint density at radius 3 is 1.90 bits per heavy atom. The zero-order valence-electron chi connectivity index (χ0n) is 14.3. The lowest BCUT2D eigenvalue weighted by Gasteiger charge is -2.22. The topological polar surface area (TPSA) is 46.6 Å². The molecule has 0 saturated heterocycles. The SMILES string of the molecule is CCCCN(CCCC)CCC[C@H](C(C)=O)C(=O)OCC. The maximum Gasteiger partial charge on any atom is 0.316 e. The number of hydrogen-bond donors (Lipinski definition) is 0. The molecule has 0 aliphatic rings. The van der Waals surface area contributed by atoms with Crippen LogP contribution in [0.5, 0.6) is 0 Å². The van der Waals surface area contributed by atoms with E-state index in [2.05, 4.69) is 18.7 Å². The van der Waals surface area contributed by atoms with Crippen molar-refractivity contribution < 1.29 is 14.3 Å². The highest BCUT2D eigenvalue weighted by atomic mass is 16.5. The van der Waals surface area contributed by atoms with E-state index in [0.29, 0.717) is 13.0 Å². The summed E-state index contributed by atoms with van der Waals surface area (Å²) >= 11 is 0. The number of hydrogen-bond acceptors (Lipinski definition) is 4. The van der Waals surface area contributed by atoms with Gasteiger partial charge in [0.1, 0.15) is 11.7 Å². The van der Waals surface area contributed by atoms with Crippen LogP contribution < -0.4 is 0 Å². The van der Waals surface area contributed by atoms with Crippen molar-refractivity contribution in [2.75, 3.05) is 26.2 Å². The first-order chi connectivity index (χ1) is 10.1. The number of rotatable bonds is 13. The van der Waals surface area contributed by atoms with Crippen LogP contribution in [0.2, 0.25) is 0 Å². The van der Waals surface area contributed by atoms with E-state index in [1.807, 2.05) is 0 Å². The van der Waals surface area contributed by atoms with Crippen molar-refractivity contribution in [1.82, 2.24) is 4.90 Å². The maximum absolute atomic E-state index is 11.7. The first kappa shape index (κ1) is 20.1. The molecular formula is C17H33NO3. The molecule has 0 amide bonds. The number of unbranched alkanes of at least 4 members (excludes halogenated alkanes) is 2. The average Bonchev–Trinajstić information content (AvgIpc) is 2.45. The zero-order chi connectivity index (χ0) is 16.1. The van der Waals surface area contributed by atoms with Gasteiger partial charge in [-0.15, -0.1) is 0 Å². The average molecular weight is 299 g/mol. The summed E-state index contributed by atoms with van der Waals surface area (Å²) in [6.07, 6.45) is 6.28. The van der Waals surface area contributed by atoms with Crippen molar-refractivity contribution in [3.8, 4) is 0 Å². The van der Waals surface area contributed by atoms with Crippen LogP contribution in [0.1, 0.15) is 66.2 Å². The first-order valence-corrected chi connectivity index (χ1v) is 8.46. The number of carbonyl (C=O) groups is 2. The summed E-state index contributed by atoms with van der Waals surface area (Å²) in [5.74, 6) is -1.02. The monoisotopic (exact) mass is 299 g/mol. The largest absolute Gasteiger partial charge is 0.465 e. The molecule has 0 radical (unpaired) electrons. The lowest BCUT2D eigenvalue weighted by atomic mass is 9.99. The van der Waals surface area contributed by atoms with Crippen molar-refractivity contribution in [2.24, 2.45) is 5.92 Å². The minimum Gasteiger partial charge on any atom is -0.465 e. The van der Waals surface area contributed by atoms with Crippen LogP contribution in [0.25, 0.3) is 0 Å². The fraction of sp³-hybridized carbons (Fsp3) is 0.882. The Morgan fingerprint density at radius 1 is 0.952 bits per heavy atom. The summed E-state index contributed by atoms with van der Waals surface area (Å²) in [7, 11) is 0. The van der Waals surface area contributed by atoms with E-state index < -0.39 is 5.92 Å². The molecule has 1 atom stereocenters.